The number of likely N-dealkylation sites (N-methyl/N-ethyl adjacent to an activating group) is 1. The van der Waals surface area contributed by atoms with Gasteiger partial charge in [0.05, 0.1) is 0 Å². The molecule has 0 amide bonds. The lowest BCUT2D eigenvalue weighted by atomic mass is 9.82. The van der Waals surface area contributed by atoms with Crippen molar-refractivity contribution in [1.29, 1.82) is 0 Å². The van der Waals surface area contributed by atoms with Gasteiger partial charge in [0.2, 0.25) is 5.95 Å². The second kappa shape index (κ2) is 9.19. The number of nitrogen functional groups attached to an aromatic ring is 1. The van der Waals surface area contributed by atoms with Gasteiger partial charge in [0, 0.05) is 18.5 Å². The van der Waals surface area contributed by atoms with Crippen molar-refractivity contribution in [1.82, 2.24) is 14.9 Å². The van der Waals surface area contributed by atoms with Gasteiger partial charge in [0.1, 0.15) is 23.7 Å². The summed E-state index contributed by atoms with van der Waals surface area (Å²) in [5.41, 5.74) is 12.7. The number of aromatic nitrogens is 2. The van der Waals surface area contributed by atoms with Crippen molar-refractivity contribution in [2.24, 2.45) is 17.6 Å². The van der Waals surface area contributed by atoms with E-state index in [1.54, 1.807) is 0 Å². The molecule has 1 aliphatic rings. The lowest BCUT2D eigenvalue weighted by Crippen LogP contribution is -2.25. The summed E-state index contributed by atoms with van der Waals surface area (Å²) in [4.78, 5) is 11.2. The Kier molecular flexibility index (Phi) is 6.68. The Morgan fingerprint density at radius 1 is 1.15 bits per heavy atom. The number of nitrogens with zero attached hydrogens (tertiary/aromatic N) is 3. The SMILES string of the molecule is CN(C)CCOc1cccc2c(N)nc(NCC3CCC(CN)CC3)nc12. The molecule has 0 radical (unpaired) electrons. The molecule has 7 heteroatoms. The van der Waals surface area contributed by atoms with Gasteiger partial charge in [-0.15, -0.1) is 0 Å². The maximum Gasteiger partial charge on any atom is 0.225 e. The van der Waals surface area contributed by atoms with Gasteiger partial charge in [-0.25, -0.2) is 4.98 Å². The molecule has 0 spiro atoms. The van der Waals surface area contributed by atoms with Crippen molar-refractivity contribution in [2.75, 3.05) is 51.4 Å². The highest BCUT2D eigenvalue weighted by Crippen LogP contribution is 2.30. The molecule has 5 N–H and O–H groups in total. The van der Waals surface area contributed by atoms with E-state index in [9.17, 15) is 0 Å². The van der Waals surface area contributed by atoms with E-state index in [0.717, 1.165) is 36.3 Å². The highest BCUT2D eigenvalue weighted by Gasteiger charge is 2.20. The summed E-state index contributed by atoms with van der Waals surface area (Å²) >= 11 is 0. The third kappa shape index (κ3) is 5.20. The van der Waals surface area contributed by atoms with Crippen LogP contribution >= 0.6 is 0 Å². The Balaban J connectivity index is 1.69. The van der Waals surface area contributed by atoms with E-state index in [1.165, 1.54) is 25.7 Å². The summed E-state index contributed by atoms with van der Waals surface area (Å²) in [7, 11) is 4.05. The first-order valence-corrected chi connectivity index (χ1v) is 9.84. The van der Waals surface area contributed by atoms with Gasteiger partial charge in [-0.05, 0) is 70.3 Å². The molecule has 1 saturated carbocycles. The zero-order chi connectivity index (χ0) is 19.2. The fourth-order valence-corrected chi connectivity index (χ4v) is 3.59. The van der Waals surface area contributed by atoms with E-state index in [4.69, 9.17) is 16.2 Å². The van der Waals surface area contributed by atoms with Crippen LogP contribution in [0.2, 0.25) is 0 Å². The van der Waals surface area contributed by atoms with Crippen LogP contribution in [-0.2, 0) is 0 Å². The van der Waals surface area contributed by atoms with Gasteiger partial charge in [0.15, 0.2) is 0 Å². The number of rotatable bonds is 8. The molecule has 0 atom stereocenters. The normalized spacial score (nSPS) is 20.1. The molecule has 0 aliphatic heterocycles. The molecule has 3 rings (SSSR count). The van der Waals surface area contributed by atoms with Gasteiger partial charge in [-0.3, -0.25) is 0 Å². The van der Waals surface area contributed by atoms with Crippen LogP contribution in [-0.4, -0.2) is 55.2 Å². The second-order valence-electron chi connectivity index (χ2n) is 7.74. The van der Waals surface area contributed by atoms with Gasteiger partial charge < -0.3 is 26.4 Å². The summed E-state index contributed by atoms with van der Waals surface area (Å²) < 4.78 is 5.93. The summed E-state index contributed by atoms with van der Waals surface area (Å²) in [6.07, 6.45) is 4.84. The van der Waals surface area contributed by atoms with Crippen molar-refractivity contribution in [2.45, 2.75) is 25.7 Å². The molecule has 0 saturated heterocycles. The average Bonchev–Trinajstić information content (AvgIpc) is 2.67. The summed E-state index contributed by atoms with van der Waals surface area (Å²) in [6, 6.07) is 5.79. The quantitative estimate of drug-likeness (QED) is 0.653. The second-order valence-corrected chi connectivity index (χ2v) is 7.74. The molecule has 0 bridgehead atoms. The van der Waals surface area contributed by atoms with Crippen molar-refractivity contribution in [3.8, 4) is 5.75 Å². The number of nitrogens with two attached hydrogens (primary N) is 2. The lowest BCUT2D eigenvalue weighted by molar-refractivity contribution is 0.263. The minimum Gasteiger partial charge on any atom is -0.490 e. The highest BCUT2D eigenvalue weighted by molar-refractivity contribution is 5.93. The molecule has 7 nitrogen and oxygen atoms in total. The van der Waals surface area contributed by atoms with Gasteiger partial charge >= 0.3 is 0 Å². The van der Waals surface area contributed by atoms with Crippen LogP contribution in [0, 0.1) is 11.8 Å². The standard InChI is InChI=1S/C20H32N6O/c1-26(2)10-11-27-17-5-3-4-16-18(17)24-20(25-19(16)22)23-13-15-8-6-14(12-21)7-9-15/h3-5,14-15H,6-13,21H2,1-2H3,(H3,22,23,24,25). The smallest absolute Gasteiger partial charge is 0.225 e. The minimum atomic E-state index is 0.479. The number of benzene rings is 1. The topological polar surface area (TPSA) is 102 Å². The van der Waals surface area contributed by atoms with Gasteiger partial charge in [-0.2, -0.15) is 4.98 Å². The van der Waals surface area contributed by atoms with Crippen LogP contribution in [0.4, 0.5) is 11.8 Å². The van der Waals surface area contributed by atoms with Crippen molar-refractivity contribution in [3.05, 3.63) is 18.2 Å². The Morgan fingerprint density at radius 3 is 2.59 bits per heavy atom. The van der Waals surface area contributed by atoms with Crippen LogP contribution < -0.4 is 21.5 Å². The van der Waals surface area contributed by atoms with Crippen LogP contribution in [0.25, 0.3) is 10.9 Å². The lowest BCUT2D eigenvalue weighted by Gasteiger charge is -2.27. The van der Waals surface area contributed by atoms with E-state index < -0.39 is 0 Å². The molecule has 1 aliphatic carbocycles. The third-order valence-corrected chi connectivity index (χ3v) is 5.36. The van der Waals surface area contributed by atoms with E-state index in [2.05, 4.69) is 20.2 Å². The van der Waals surface area contributed by atoms with Gasteiger partial charge in [0.25, 0.3) is 0 Å². The Labute approximate surface area is 161 Å². The Morgan fingerprint density at radius 2 is 1.89 bits per heavy atom. The molecule has 1 heterocycles. The predicted molar refractivity (Wildman–Crippen MR) is 111 cm³/mol. The number of ether oxygens (including phenoxy) is 1. The van der Waals surface area contributed by atoms with E-state index in [0.29, 0.717) is 30.2 Å². The number of para-hydroxylation sites is 1. The summed E-state index contributed by atoms with van der Waals surface area (Å²) in [5, 5.41) is 4.21. The Hall–Kier alpha value is -2.12. The minimum absolute atomic E-state index is 0.479. The highest BCUT2D eigenvalue weighted by atomic mass is 16.5. The molecule has 0 unspecified atom stereocenters. The molecule has 27 heavy (non-hydrogen) atoms. The first kappa shape index (κ1) is 19.6. The first-order valence-electron chi connectivity index (χ1n) is 9.84. The van der Waals surface area contributed by atoms with Gasteiger partial charge in [-0.1, -0.05) is 6.07 Å². The number of anilines is 2. The number of hydrogen-bond donors (Lipinski definition) is 3. The van der Waals surface area contributed by atoms with E-state index in [-0.39, 0.29) is 0 Å². The largest absolute Gasteiger partial charge is 0.490 e. The summed E-state index contributed by atoms with van der Waals surface area (Å²) in [5.74, 6) is 3.13. The molecule has 1 fully saturated rings. The fraction of sp³-hybridized carbons (Fsp3) is 0.600. The van der Waals surface area contributed by atoms with Crippen LogP contribution in [0.3, 0.4) is 0 Å². The number of fused-ring (bicyclic) bond motifs is 1. The third-order valence-electron chi connectivity index (χ3n) is 5.36. The fourth-order valence-electron chi connectivity index (χ4n) is 3.59. The van der Waals surface area contributed by atoms with Crippen molar-refractivity contribution < 1.29 is 4.74 Å². The average molecular weight is 373 g/mol. The molecular formula is C20H32N6O. The Bertz CT molecular complexity index is 743. The van der Waals surface area contributed by atoms with Crippen LogP contribution in [0.1, 0.15) is 25.7 Å². The monoisotopic (exact) mass is 372 g/mol. The summed E-state index contributed by atoms with van der Waals surface area (Å²) in [6.45, 7) is 3.11. The zero-order valence-electron chi connectivity index (χ0n) is 16.4. The molecule has 148 valence electrons. The molecule has 1 aromatic heterocycles. The zero-order valence-corrected chi connectivity index (χ0v) is 16.4. The molecular weight excluding hydrogens is 340 g/mol. The maximum absolute atomic E-state index is 6.18. The molecule has 1 aromatic carbocycles. The van der Waals surface area contributed by atoms with Crippen LogP contribution in [0.15, 0.2) is 18.2 Å². The van der Waals surface area contributed by atoms with Crippen molar-refractivity contribution in [3.63, 3.8) is 0 Å². The number of hydrogen-bond acceptors (Lipinski definition) is 7. The first-order chi connectivity index (χ1) is 13.1. The van der Waals surface area contributed by atoms with Crippen LogP contribution in [0.5, 0.6) is 5.75 Å². The van der Waals surface area contributed by atoms with Crippen molar-refractivity contribution >= 4 is 22.7 Å². The predicted octanol–water partition coefficient (Wildman–Crippen LogP) is 2.33. The van der Waals surface area contributed by atoms with E-state index >= 15 is 0 Å². The molecule has 2 aromatic rings. The number of nitrogens with one attached hydrogen (secondary N) is 1. The maximum atomic E-state index is 6.18. The van der Waals surface area contributed by atoms with E-state index in [1.807, 2.05) is 32.3 Å².